The van der Waals surface area contributed by atoms with Crippen molar-refractivity contribution in [2.24, 2.45) is 5.92 Å². The first kappa shape index (κ1) is 17.0. The van der Waals surface area contributed by atoms with E-state index in [2.05, 4.69) is 16.9 Å². The summed E-state index contributed by atoms with van der Waals surface area (Å²) in [7, 11) is 0. The van der Waals surface area contributed by atoms with Gasteiger partial charge in [0.05, 0.1) is 13.2 Å². The highest BCUT2D eigenvalue weighted by molar-refractivity contribution is 5.60. The van der Waals surface area contributed by atoms with Crippen LogP contribution in [0.3, 0.4) is 0 Å². The van der Waals surface area contributed by atoms with Gasteiger partial charge < -0.3 is 15.8 Å². The van der Waals surface area contributed by atoms with Crippen LogP contribution in [0.2, 0.25) is 0 Å². The number of hydrogen-bond donors (Lipinski definition) is 3. The summed E-state index contributed by atoms with van der Waals surface area (Å²) in [5.41, 5.74) is 6.05. The van der Waals surface area contributed by atoms with Gasteiger partial charge in [-0.2, -0.15) is 0 Å². The summed E-state index contributed by atoms with van der Waals surface area (Å²) in [5.74, 6) is 0.389. The van der Waals surface area contributed by atoms with E-state index in [1.807, 2.05) is 20.8 Å². The minimum Gasteiger partial charge on any atom is -0.383 e. The zero-order valence-corrected chi connectivity index (χ0v) is 12.9. The van der Waals surface area contributed by atoms with E-state index in [-0.39, 0.29) is 17.4 Å². The molecule has 4 N–H and O–H groups in total. The zero-order valence-electron chi connectivity index (χ0n) is 12.9. The van der Waals surface area contributed by atoms with Crippen LogP contribution in [0, 0.1) is 5.92 Å². The third kappa shape index (κ3) is 5.11. The number of rotatable bonds is 8. The molecule has 0 aromatic carbocycles. The quantitative estimate of drug-likeness (QED) is 0.486. The molecule has 1 rings (SSSR count). The molecule has 0 fully saturated rings. The van der Waals surface area contributed by atoms with Gasteiger partial charge in [-0.3, -0.25) is 14.3 Å². The monoisotopic (exact) mass is 296 g/mol. The maximum atomic E-state index is 11.8. The van der Waals surface area contributed by atoms with Crippen LogP contribution in [0.5, 0.6) is 0 Å². The zero-order chi connectivity index (χ0) is 16.0. The summed E-state index contributed by atoms with van der Waals surface area (Å²) < 4.78 is 6.70. The second kappa shape index (κ2) is 7.68. The van der Waals surface area contributed by atoms with Crippen molar-refractivity contribution < 1.29 is 4.74 Å². The first-order valence-corrected chi connectivity index (χ1v) is 6.91. The molecule has 0 atom stereocenters. The van der Waals surface area contributed by atoms with Crippen molar-refractivity contribution in [3.05, 3.63) is 33.0 Å². The molecule has 0 spiro atoms. The Morgan fingerprint density at radius 1 is 1.48 bits per heavy atom. The minimum atomic E-state index is -0.516. The van der Waals surface area contributed by atoms with Gasteiger partial charge in [-0.1, -0.05) is 26.0 Å². The van der Waals surface area contributed by atoms with E-state index in [0.717, 1.165) is 5.57 Å². The number of nitrogens with two attached hydrogens (primary N) is 1. The largest absolute Gasteiger partial charge is 0.383 e. The van der Waals surface area contributed by atoms with Crippen LogP contribution in [-0.2, 0) is 11.3 Å². The van der Waals surface area contributed by atoms with Gasteiger partial charge >= 0.3 is 5.69 Å². The van der Waals surface area contributed by atoms with E-state index < -0.39 is 11.2 Å². The lowest BCUT2D eigenvalue weighted by molar-refractivity contribution is 0.167. The second-order valence-corrected chi connectivity index (χ2v) is 5.46. The average Bonchev–Trinajstić information content (AvgIpc) is 2.37. The van der Waals surface area contributed by atoms with Crippen LogP contribution in [0.4, 0.5) is 11.5 Å². The number of hydrogen-bond acceptors (Lipinski definition) is 5. The Balaban J connectivity index is 2.80. The molecule has 1 aromatic heterocycles. The topological polar surface area (TPSA) is 102 Å². The van der Waals surface area contributed by atoms with Gasteiger partial charge in [0.1, 0.15) is 11.5 Å². The minimum absolute atomic E-state index is 0.150. The van der Waals surface area contributed by atoms with Crippen molar-refractivity contribution in [2.75, 3.05) is 30.8 Å². The molecule has 0 unspecified atom stereocenters. The smallest absolute Gasteiger partial charge is 0.330 e. The van der Waals surface area contributed by atoms with Crippen LogP contribution in [-0.4, -0.2) is 29.3 Å². The van der Waals surface area contributed by atoms with Crippen molar-refractivity contribution in [3.63, 3.8) is 0 Å². The number of H-pyrrole nitrogens is 1. The van der Waals surface area contributed by atoms with Crippen molar-refractivity contribution >= 4 is 11.5 Å². The van der Waals surface area contributed by atoms with Gasteiger partial charge in [0.2, 0.25) is 0 Å². The predicted octanol–water partition coefficient (Wildman–Crippen LogP) is 0.779. The maximum Gasteiger partial charge on any atom is 0.330 e. The number of ether oxygens (including phenoxy) is 1. The normalized spacial score (nSPS) is 10.9. The molecule has 21 heavy (non-hydrogen) atoms. The number of nitrogens with zero attached hydrogens (tertiary/aromatic N) is 1. The Hall–Kier alpha value is -2.02. The van der Waals surface area contributed by atoms with Gasteiger partial charge in [-0.25, -0.2) is 4.79 Å². The summed E-state index contributed by atoms with van der Waals surface area (Å²) in [6.45, 7) is 11.3. The van der Waals surface area contributed by atoms with Gasteiger partial charge in [0, 0.05) is 13.1 Å². The molecule has 0 bridgehead atoms. The predicted molar refractivity (Wildman–Crippen MR) is 84.7 cm³/mol. The summed E-state index contributed by atoms with van der Waals surface area (Å²) in [6.07, 6.45) is 0. The number of nitrogen functional groups attached to an aromatic ring is 1. The molecule has 0 radical (unpaired) electrons. The first-order valence-electron chi connectivity index (χ1n) is 6.91. The van der Waals surface area contributed by atoms with Crippen LogP contribution in [0.15, 0.2) is 21.7 Å². The van der Waals surface area contributed by atoms with Crippen molar-refractivity contribution in [1.82, 2.24) is 9.55 Å². The molecule has 0 aliphatic carbocycles. The van der Waals surface area contributed by atoms with Crippen molar-refractivity contribution in [3.8, 4) is 0 Å². The Labute approximate surface area is 123 Å². The molecule has 118 valence electrons. The van der Waals surface area contributed by atoms with Crippen LogP contribution in [0.25, 0.3) is 0 Å². The Bertz CT molecular complexity index is 601. The fourth-order valence-electron chi connectivity index (χ4n) is 1.80. The van der Waals surface area contributed by atoms with E-state index in [9.17, 15) is 9.59 Å². The van der Waals surface area contributed by atoms with Gasteiger partial charge in [-0.15, -0.1) is 0 Å². The molecule has 1 heterocycles. The van der Waals surface area contributed by atoms with E-state index in [1.165, 1.54) is 4.57 Å². The van der Waals surface area contributed by atoms with Crippen molar-refractivity contribution in [2.45, 2.75) is 27.3 Å². The fourth-order valence-corrected chi connectivity index (χ4v) is 1.80. The molecule has 0 amide bonds. The number of anilines is 2. The third-order valence-corrected chi connectivity index (χ3v) is 2.68. The summed E-state index contributed by atoms with van der Waals surface area (Å²) in [5, 5.41) is 2.91. The average molecular weight is 296 g/mol. The summed E-state index contributed by atoms with van der Waals surface area (Å²) in [4.78, 5) is 25.8. The molecule has 0 aliphatic heterocycles. The molecule has 7 nitrogen and oxygen atoms in total. The van der Waals surface area contributed by atoms with E-state index in [1.54, 1.807) is 0 Å². The Morgan fingerprint density at radius 3 is 2.71 bits per heavy atom. The van der Waals surface area contributed by atoms with Gasteiger partial charge in [0.25, 0.3) is 5.56 Å². The standard InChI is InChI=1S/C14H24N4O3/c1-9(2)7-18-12(15)11(13(19)17-14(18)20)16-5-6-21-8-10(3)4/h9,16H,3,5-8,15H2,1-2,4H3,(H,17,19,20). The molecular formula is C14H24N4O3. The lowest BCUT2D eigenvalue weighted by atomic mass is 10.2. The van der Waals surface area contributed by atoms with Crippen molar-refractivity contribution in [1.29, 1.82) is 0 Å². The molecular weight excluding hydrogens is 272 g/mol. The lowest BCUT2D eigenvalue weighted by Gasteiger charge is -2.15. The summed E-state index contributed by atoms with van der Waals surface area (Å²) in [6, 6.07) is 0. The highest BCUT2D eigenvalue weighted by atomic mass is 16.5. The van der Waals surface area contributed by atoms with Crippen LogP contribution in [0.1, 0.15) is 20.8 Å². The summed E-state index contributed by atoms with van der Waals surface area (Å²) >= 11 is 0. The highest BCUT2D eigenvalue weighted by Crippen LogP contribution is 2.11. The molecule has 0 saturated heterocycles. The van der Waals surface area contributed by atoms with E-state index in [0.29, 0.717) is 26.3 Å². The Morgan fingerprint density at radius 2 is 2.14 bits per heavy atom. The molecule has 7 heteroatoms. The molecule has 0 saturated carbocycles. The third-order valence-electron chi connectivity index (χ3n) is 2.68. The lowest BCUT2D eigenvalue weighted by Crippen LogP contribution is -2.35. The maximum absolute atomic E-state index is 11.8. The number of aromatic amines is 1. The van der Waals surface area contributed by atoms with E-state index >= 15 is 0 Å². The molecule has 1 aromatic rings. The van der Waals surface area contributed by atoms with E-state index in [4.69, 9.17) is 10.5 Å². The second-order valence-electron chi connectivity index (χ2n) is 5.46. The SMILES string of the molecule is C=C(C)COCCNc1c(N)n(CC(C)C)c(=O)[nH]c1=O. The van der Waals surface area contributed by atoms with Crippen LogP contribution < -0.4 is 22.3 Å². The number of nitrogens with one attached hydrogen (secondary N) is 2. The fraction of sp³-hybridized carbons (Fsp3) is 0.571. The van der Waals surface area contributed by atoms with Crippen LogP contribution >= 0.6 is 0 Å². The molecule has 0 aliphatic rings. The van der Waals surface area contributed by atoms with Gasteiger partial charge in [-0.05, 0) is 12.8 Å². The number of aromatic nitrogens is 2. The highest BCUT2D eigenvalue weighted by Gasteiger charge is 2.12. The Kier molecular flexibility index (Phi) is 6.23. The van der Waals surface area contributed by atoms with Gasteiger partial charge in [0.15, 0.2) is 0 Å². The first-order chi connectivity index (χ1) is 9.82.